The van der Waals surface area contributed by atoms with Gasteiger partial charge in [0.05, 0.1) is 7.11 Å². The summed E-state index contributed by atoms with van der Waals surface area (Å²) in [6.07, 6.45) is 3.64. The van der Waals surface area contributed by atoms with E-state index in [4.69, 9.17) is 10.5 Å². The quantitative estimate of drug-likeness (QED) is 0.904. The molecule has 1 aliphatic carbocycles. The Kier molecular flexibility index (Phi) is 3.79. The average molecular weight is 298 g/mol. The van der Waals surface area contributed by atoms with E-state index in [1.54, 1.807) is 7.11 Å². The maximum atomic E-state index is 5.97. The molecule has 0 saturated heterocycles. The van der Waals surface area contributed by atoms with Gasteiger partial charge in [0.15, 0.2) is 0 Å². The molecule has 94 valence electrons. The van der Waals surface area contributed by atoms with Crippen LogP contribution < -0.4 is 10.5 Å². The number of halogens is 1. The standard InChI is InChI=1S/C14H20BrNO/c1-14(9-16,11-3-4-11)8-10-7-12(15)5-6-13(10)17-2/h5-7,11H,3-4,8-9,16H2,1-2H3. The van der Waals surface area contributed by atoms with E-state index < -0.39 is 0 Å². The van der Waals surface area contributed by atoms with Gasteiger partial charge >= 0.3 is 0 Å². The van der Waals surface area contributed by atoms with Crippen LogP contribution >= 0.6 is 15.9 Å². The summed E-state index contributed by atoms with van der Waals surface area (Å²) in [6.45, 7) is 3.04. The maximum absolute atomic E-state index is 5.97. The molecule has 2 N–H and O–H groups in total. The Morgan fingerprint density at radius 1 is 1.47 bits per heavy atom. The third-order valence-electron chi connectivity index (χ3n) is 3.87. The first-order valence-corrected chi connectivity index (χ1v) is 6.91. The molecular formula is C14H20BrNO. The highest BCUT2D eigenvalue weighted by molar-refractivity contribution is 9.10. The van der Waals surface area contributed by atoms with E-state index in [0.29, 0.717) is 0 Å². The number of hydrogen-bond acceptors (Lipinski definition) is 2. The highest BCUT2D eigenvalue weighted by Gasteiger charge is 2.40. The fraction of sp³-hybridized carbons (Fsp3) is 0.571. The van der Waals surface area contributed by atoms with Crippen LogP contribution in [0.4, 0.5) is 0 Å². The molecule has 0 aromatic heterocycles. The minimum Gasteiger partial charge on any atom is -0.496 e. The molecule has 1 aromatic carbocycles. The molecule has 0 radical (unpaired) electrons. The van der Waals surface area contributed by atoms with Crippen molar-refractivity contribution in [2.24, 2.45) is 17.1 Å². The van der Waals surface area contributed by atoms with Crippen LogP contribution in [0, 0.1) is 11.3 Å². The predicted molar refractivity (Wildman–Crippen MR) is 74.3 cm³/mol. The minimum absolute atomic E-state index is 0.216. The molecule has 1 atom stereocenters. The minimum atomic E-state index is 0.216. The van der Waals surface area contributed by atoms with Gasteiger partial charge in [-0.25, -0.2) is 0 Å². The molecule has 17 heavy (non-hydrogen) atoms. The van der Waals surface area contributed by atoms with Gasteiger partial charge in [-0.1, -0.05) is 22.9 Å². The second kappa shape index (κ2) is 4.99. The van der Waals surface area contributed by atoms with Crippen LogP contribution in [-0.4, -0.2) is 13.7 Å². The summed E-state index contributed by atoms with van der Waals surface area (Å²) in [4.78, 5) is 0. The molecule has 1 aromatic rings. The average Bonchev–Trinajstić information content (AvgIpc) is 3.13. The summed E-state index contributed by atoms with van der Waals surface area (Å²) in [5.74, 6) is 1.75. The first kappa shape index (κ1) is 12.9. The molecule has 1 unspecified atom stereocenters. The van der Waals surface area contributed by atoms with Crippen molar-refractivity contribution in [3.8, 4) is 5.75 Å². The first-order chi connectivity index (χ1) is 8.09. The van der Waals surface area contributed by atoms with Crippen LogP contribution in [0.2, 0.25) is 0 Å². The third kappa shape index (κ3) is 2.83. The van der Waals surface area contributed by atoms with E-state index in [-0.39, 0.29) is 5.41 Å². The fourth-order valence-electron chi connectivity index (χ4n) is 2.48. The first-order valence-electron chi connectivity index (χ1n) is 6.11. The van der Waals surface area contributed by atoms with Crippen LogP contribution in [0.15, 0.2) is 22.7 Å². The number of methoxy groups -OCH3 is 1. The van der Waals surface area contributed by atoms with E-state index in [2.05, 4.69) is 28.9 Å². The fourth-order valence-corrected chi connectivity index (χ4v) is 2.89. The summed E-state index contributed by atoms with van der Waals surface area (Å²) in [5.41, 5.74) is 7.44. The number of rotatable bonds is 5. The van der Waals surface area contributed by atoms with Gasteiger partial charge in [0.25, 0.3) is 0 Å². The molecule has 2 nitrogen and oxygen atoms in total. The van der Waals surface area contributed by atoms with Crippen molar-refractivity contribution in [3.63, 3.8) is 0 Å². The molecule has 1 saturated carbocycles. The van der Waals surface area contributed by atoms with Crippen molar-refractivity contribution in [1.29, 1.82) is 0 Å². The highest BCUT2D eigenvalue weighted by atomic mass is 79.9. The largest absolute Gasteiger partial charge is 0.496 e. The predicted octanol–water partition coefficient (Wildman–Crippen LogP) is 3.38. The van der Waals surface area contributed by atoms with E-state index in [0.717, 1.165) is 29.1 Å². The van der Waals surface area contributed by atoms with Crippen molar-refractivity contribution in [2.75, 3.05) is 13.7 Å². The molecule has 0 heterocycles. The lowest BCUT2D eigenvalue weighted by molar-refractivity contribution is 0.277. The zero-order valence-corrected chi connectivity index (χ0v) is 12.1. The SMILES string of the molecule is COc1ccc(Br)cc1CC(C)(CN)C1CC1. The smallest absolute Gasteiger partial charge is 0.122 e. The number of benzene rings is 1. The van der Waals surface area contributed by atoms with E-state index in [1.165, 1.54) is 18.4 Å². The monoisotopic (exact) mass is 297 g/mol. The Balaban J connectivity index is 2.24. The molecule has 1 aliphatic rings. The van der Waals surface area contributed by atoms with E-state index in [1.807, 2.05) is 12.1 Å². The molecule has 0 bridgehead atoms. The summed E-state index contributed by atoms with van der Waals surface area (Å²) < 4.78 is 6.53. The maximum Gasteiger partial charge on any atom is 0.122 e. The lowest BCUT2D eigenvalue weighted by Gasteiger charge is -2.29. The van der Waals surface area contributed by atoms with Gasteiger partial charge in [-0.05, 0) is 60.9 Å². The van der Waals surface area contributed by atoms with Crippen LogP contribution in [0.25, 0.3) is 0 Å². The molecule has 2 rings (SSSR count). The number of ether oxygens (including phenoxy) is 1. The van der Waals surface area contributed by atoms with Crippen LogP contribution in [-0.2, 0) is 6.42 Å². The summed E-state index contributed by atoms with van der Waals surface area (Å²) in [5, 5.41) is 0. The van der Waals surface area contributed by atoms with Crippen molar-refractivity contribution < 1.29 is 4.74 Å². The molecule has 3 heteroatoms. The third-order valence-corrected chi connectivity index (χ3v) is 4.36. The normalized spacial score (nSPS) is 18.8. The molecular weight excluding hydrogens is 278 g/mol. The van der Waals surface area contributed by atoms with Crippen LogP contribution in [0.1, 0.15) is 25.3 Å². The topological polar surface area (TPSA) is 35.2 Å². The summed E-state index contributed by atoms with van der Waals surface area (Å²) >= 11 is 3.52. The Morgan fingerprint density at radius 2 is 2.18 bits per heavy atom. The number of hydrogen-bond donors (Lipinski definition) is 1. The van der Waals surface area contributed by atoms with Crippen molar-refractivity contribution in [2.45, 2.75) is 26.2 Å². The summed E-state index contributed by atoms with van der Waals surface area (Å²) in [6, 6.07) is 6.18. The van der Waals surface area contributed by atoms with Gasteiger partial charge in [-0.15, -0.1) is 0 Å². The number of nitrogens with two attached hydrogens (primary N) is 1. The zero-order chi connectivity index (χ0) is 12.5. The Morgan fingerprint density at radius 3 is 2.71 bits per heavy atom. The highest BCUT2D eigenvalue weighted by Crippen LogP contribution is 2.47. The molecule has 1 fully saturated rings. The van der Waals surface area contributed by atoms with Gasteiger partial charge in [0.2, 0.25) is 0 Å². The van der Waals surface area contributed by atoms with Gasteiger partial charge in [0, 0.05) is 4.47 Å². The molecule has 0 aliphatic heterocycles. The van der Waals surface area contributed by atoms with Gasteiger partial charge in [0.1, 0.15) is 5.75 Å². The van der Waals surface area contributed by atoms with Crippen LogP contribution in [0.3, 0.4) is 0 Å². The van der Waals surface area contributed by atoms with Crippen molar-refractivity contribution in [1.82, 2.24) is 0 Å². The molecule has 0 amide bonds. The van der Waals surface area contributed by atoms with Crippen molar-refractivity contribution >= 4 is 15.9 Å². The van der Waals surface area contributed by atoms with Crippen molar-refractivity contribution in [3.05, 3.63) is 28.2 Å². The second-order valence-corrected chi connectivity index (χ2v) is 6.18. The van der Waals surface area contributed by atoms with Gasteiger partial charge < -0.3 is 10.5 Å². The molecule has 0 spiro atoms. The second-order valence-electron chi connectivity index (χ2n) is 5.27. The Bertz CT molecular complexity index is 403. The Hall–Kier alpha value is -0.540. The lowest BCUT2D eigenvalue weighted by atomic mass is 9.79. The van der Waals surface area contributed by atoms with E-state index in [9.17, 15) is 0 Å². The van der Waals surface area contributed by atoms with E-state index >= 15 is 0 Å². The van der Waals surface area contributed by atoms with Gasteiger partial charge in [-0.2, -0.15) is 0 Å². The van der Waals surface area contributed by atoms with Gasteiger partial charge in [-0.3, -0.25) is 0 Å². The summed E-state index contributed by atoms with van der Waals surface area (Å²) in [7, 11) is 1.73. The van der Waals surface area contributed by atoms with Crippen LogP contribution in [0.5, 0.6) is 5.75 Å². The lowest BCUT2D eigenvalue weighted by Crippen LogP contribution is -2.31. The Labute approximate surface area is 112 Å². The zero-order valence-electron chi connectivity index (χ0n) is 10.5.